The normalized spacial score (nSPS) is 12.4. The molecule has 0 saturated carbocycles. The lowest BCUT2D eigenvalue weighted by molar-refractivity contribution is -0.137. The number of aromatic nitrogens is 1. The quantitative estimate of drug-likeness (QED) is 0.647. The highest BCUT2D eigenvalue weighted by molar-refractivity contribution is 6.30. The van der Waals surface area contributed by atoms with Crippen LogP contribution in [0.2, 0.25) is 5.15 Å². The van der Waals surface area contributed by atoms with Gasteiger partial charge >= 0.3 is 5.97 Å². The van der Waals surface area contributed by atoms with Crippen molar-refractivity contribution in [1.29, 1.82) is 0 Å². The number of carboxylic acid groups (broad SMARTS) is 1. The van der Waals surface area contributed by atoms with Crippen LogP contribution in [0.25, 0.3) is 0 Å². The Morgan fingerprint density at radius 1 is 1.71 bits per heavy atom. The van der Waals surface area contributed by atoms with Crippen LogP contribution in [-0.2, 0) is 4.79 Å². The number of anilines is 1. The first-order valence-corrected chi connectivity index (χ1v) is 4.26. The highest BCUT2D eigenvalue weighted by atomic mass is 35.5. The molecule has 76 valence electrons. The number of pyridine rings is 1. The number of carbonyl (C=O) groups is 1. The van der Waals surface area contributed by atoms with Gasteiger partial charge in [0, 0.05) is 11.6 Å². The number of nitrogens with two attached hydrogens (primary N) is 2. The molecule has 5 N–H and O–H groups in total. The average Bonchev–Trinajstić information content (AvgIpc) is 2.08. The smallest absolute Gasteiger partial charge is 0.305 e. The van der Waals surface area contributed by atoms with Gasteiger partial charge in [0.2, 0.25) is 0 Å². The Bertz CT molecular complexity index is 356. The first kappa shape index (κ1) is 10.7. The monoisotopic (exact) mass is 215 g/mol. The summed E-state index contributed by atoms with van der Waals surface area (Å²) in [5.74, 6) is -0.990. The number of hydrogen-bond donors (Lipinski definition) is 3. The molecule has 1 heterocycles. The Kier molecular flexibility index (Phi) is 3.27. The lowest BCUT2D eigenvalue weighted by Gasteiger charge is -2.10. The van der Waals surface area contributed by atoms with E-state index < -0.39 is 12.0 Å². The Labute approximate surface area is 85.7 Å². The van der Waals surface area contributed by atoms with E-state index in [2.05, 4.69) is 4.98 Å². The Morgan fingerprint density at radius 3 is 2.93 bits per heavy atom. The van der Waals surface area contributed by atoms with Crippen molar-refractivity contribution >= 4 is 23.3 Å². The van der Waals surface area contributed by atoms with E-state index in [0.29, 0.717) is 11.3 Å². The second-order valence-corrected chi connectivity index (χ2v) is 3.21. The van der Waals surface area contributed by atoms with Crippen LogP contribution in [0.15, 0.2) is 12.3 Å². The van der Waals surface area contributed by atoms with Gasteiger partial charge in [-0.3, -0.25) is 4.79 Å². The van der Waals surface area contributed by atoms with Gasteiger partial charge in [0.05, 0.1) is 18.3 Å². The van der Waals surface area contributed by atoms with Gasteiger partial charge in [-0.05, 0) is 6.07 Å². The van der Waals surface area contributed by atoms with E-state index in [1.165, 1.54) is 12.3 Å². The molecule has 0 radical (unpaired) electrons. The lowest BCUT2D eigenvalue weighted by atomic mass is 10.1. The van der Waals surface area contributed by atoms with Gasteiger partial charge < -0.3 is 16.6 Å². The van der Waals surface area contributed by atoms with Crippen molar-refractivity contribution in [3.63, 3.8) is 0 Å². The topological polar surface area (TPSA) is 102 Å². The third-order valence-electron chi connectivity index (χ3n) is 1.68. The lowest BCUT2D eigenvalue weighted by Crippen LogP contribution is -2.16. The first-order valence-electron chi connectivity index (χ1n) is 3.89. The Hall–Kier alpha value is -1.33. The van der Waals surface area contributed by atoms with E-state index in [0.717, 1.165) is 0 Å². The molecule has 1 rings (SSSR count). The second-order valence-electron chi connectivity index (χ2n) is 2.85. The van der Waals surface area contributed by atoms with Crippen molar-refractivity contribution in [1.82, 2.24) is 4.98 Å². The van der Waals surface area contributed by atoms with Crippen LogP contribution in [0.1, 0.15) is 18.0 Å². The van der Waals surface area contributed by atoms with E-state index in [9.17, 15) is 4.79 Å². The average molecular weight is 216 g/mol. The Morgan fingerprint density at radius 2 is 2.36 bits per heavy atom. The Balaban J connectivity index is 2.93. The van der Waals surface area contributed by atoms with E-state index in [4.69, 9.17) is 28.2 Å². The summed E-state index contributed by atoms with van der Waals surface area (Å²) < 4.78 is 0. The van der Waals surface area contributed by atoms with Gasteiger partial charge in [0.15, 0.2) is 0 Å². The maximum absolute atomic E-state index is 10.4. The molecule has 0 aliphatic carbocycles. The summed E-state index contributed by atoms with van der Waals surface area (Å²) in [6.07, 6.45) is 1.18. The van der Waals surface area contributed by atoms with Gasteiger partial charge in [0.1, 0.15) is 5.15 Å². The van der Waals surface area contributed by atoms with E-state index in [1.54, 1.807) is 0 Å². The molecule has 0 saturated heterocycles. The second kappa shape index (κ2) is 4.26. The molecule has 1 unspecified atom stereocenters. The summed E-state index contributed by atoms with van der Waals surface area (Å²) in [7, 11) is 0. The number of aliphatic carboxylic acids is 1. The van der Waals surface area contributed by atoms with Crippen molar-refractivity contribution in [2.45, 2.75) is 12.5 Å². The van der Waals surface area contributed by atoms with Crippen LogP contribution < -0.4 is 11.5 Å². The molecular weight excluding hydrogens is 206 g/mol. The van der Waals surface area contributed by atoms with Gasteiger partial charge in [-0.15, -0.1) is 0 Å². The van der Waals surface area contributed by atoms with Crippen molar-refractivity contribution in [3.8, 4) is 0 Å². The molecule has 5 nitrogen and oxygen atoms in total. The van der Waals surface area contributed by atoms with Crippen LogP contribution in [0.4, 0.5) is 5.69 Å². The summed E-state index contributed by atoms with van der Waals surface area (Å²) in [5, 5.41) is 8.72. The predicted molar refractivity (Wildman–Crippen MR) is 52.8 cm³/mol. The van der Waals surface area contributed by atoms with E-state index in [1.807, 2.05) is 0 Å². The number of nitrogen functional groups attached to an aromatic ring is 1. The van der Waals surface area contributed by atoms with E-state index in [-0.39, 0.29) is 11.6 Å². The SMILES string of the molecule is Nc1cnc(Cl)c(C(N)CC(=O)O)c1. The summed E-state index contributed by atoms with van der Waals surface area (Å²) in [6.45, 7) is 0. The van der Waals surface area contributed by atoms with Crippen LogP contribution >= 0.6 is 11.6 Å². The predicted octanol–water partition coefficient (Wildman–Crippen LogP) is 0.792. The maximum atomic E-state index is 10.4. The van der Waals surface area contributed by atoms with Crippen molar-refractivity contribution in [2.24, 2.45) is 5.73 Å². The molecule has 0 fully saturated rings. The van der Waals surface area contributed by atoms with Gasteiger partial charge in [-0.1, -0.05) is 11.6 Å². The largest absolute Gasteiger partial charge is 0.481 e. The number of halogens is 1. The first-order chi connectivity index (χ1) is 6.50. The molecule has 0 bridgehead atoms. The van der Waals surface area contributed by atoms with Crippen molar-refractivity contribution in [3.05, 3.63) is 23.0 Å². The minimum absolute atomic E-state index is 0.188. The van der Waals surface area contributed by atoms with E-state index >= 15 is 0 Å². The third-order valence-corrected chi connectivity index (χ3v) is 2.00. The molecular formula is C8H10ClN3O2. The van der Waals surface area contributed by atoms with Gasteiger partial charge in [-0.25, -0.2) is 4.98 Å². The molecule has 14 heavy (non-hydrogen) atoms. The summed E-state index contributed by atoms with van der Waals surface area (Å²) >= 11 is 5.73. The third kappa shape index (κ3) is 2.58. The molecule has 0 spiro atoms. The minimum Gasteiger partial charge on any atom is -0.481 e. The fourth-order valence-electron chi connectivity index (χ4n) is 1.04. The number of nitrogens with zero attached hydrogens (tertiary/aromatic N) is 1. The molecule has 1 aromatic heterocycles. The molecule has 0 amide bonds. The van der Waals surface area contributed by atoms with Crippen LogP contribution in [-0.4, -0.2) is 16.1 Å². The molecule has 1 atom stereocenters. The zero-order chi connectivity index (χ0) is 10.7. The van der Waals surface area contributed by atoms with Gasteiger partial charge in [0.25, 0.3) is 0 Å². The van der Waals surface area contributed by atoms with Crippen molar-refractivity contribution in [2.75, 3.05) is 5.73 Å². The highest BCUT2D eigenvalue weighted by Crippen LogP contribution is 2.23. The molecule has 0 aliphatic heterocycles. The highest BCUT2D eigenvalue weighted by Gasteiger charge is 2.14. The molecule has 0 aliphatic rings. The number of carboxylic acids is 1. The summed E-state index contributed by atoms with van der Waals surface area (Å²) in [5.41, 5.74) is 11.9. The molecule has 6 heteroatoms. The summed E-state index contributed by atoms with van der Waals surface area (Å²) in [6, 6.07) is 0.846. The fraction of sp³-hybridized carbons (Fsp3) is 0.250. The van der Waals surface area contributed by atoms with Crippen LogP contribution in [0.5, 0.6) is 0 Å². The standard InChI is InChI=1S/C8H10ClN3O2/c9-8-5(1-4(10)3-12-8)6(11)2-7(13)14/h1,3,6H,2,10-11H2,(H,13,14). The fourth-order valence-corrected chi connectivity index (χ4v) is 1.28. The zero-order valence-corrected chi connectivity index (χ0v) is 8.03. The van der Waals surface area contributed by atoms with Gasteiger partial charge in [-0.2, -0.15) is 0 Å². The number of rotatable bonds is 3. The molecule has 1 aromatic rings. The number of hydrogen-bond acceptors (Lipinski definition) is 4. The maximum Gasteiger partial charge on any atom is 0.305 e. The zero-order valence-electron chi connectivity index (χ0n) is 7.27. The summed E-state index contributed by atoms with van der Waals surface area (Å²) in [4.78, 5) is 14.2. The van der Waals surface area contributed by atoms with Crippen LogP contribution in [0, 0.1) is 0 Å². The molecule has 0 aromatic carbocycles. The minimum atomic E-state index is -0.990. The van der Waals surface area contributed by atoms with Crippen LogP contribution in [0.3, 0.4) is 0 Å². The van der Waals surface area contributed by atoms with Crippen molar-refractivity contribution < 1.29 is 9.90 Å².